The van der Waals surface area contributed by atoms with Crippen LogP contribution < -0.4 is 10.5 Å². The quantitative estimate of drug-likeness (QED) is 0.490. The number of hydrogen-bond donors (Lipinski definition) is 1. The maximum Gasteiger partial charge on any atom is 0.325 e. The molecule has 0 amide bonds. The number of halogens is 2. The fraction of sp³-hybridized carbons (Fsp3) is 0. The van der Waals surface area contributed by atoms with Crippen molar-refractivity contribution in [2.45, 2.75) is 0 Å². The molecule has 0 saturated carbocycles. The van der Waals surface area contributed by atoms with Gasteiger partial charge in [-0.15, -0.1) is 0 Å². The molecule has 19 heavy (non-hydrogen) atoms. The normalized spacial score (nSPS) is 10.2. The molecule has 0 aliphatic rings. The van der Waals surface area contributed by atoms with Crippen LogP contribution in [0.4, 0.5) is 11.5 Å². The molecule has 2 N–H and O–H groups in total. The Hall–Kier alpha value is -1.74. The summed E-state index contributed by atoms with van der Waals surface area (Å²) in [5.41, 5.74) is 5.44. The van der Waals surface area contributed by atoms with Gasteiger partial charge in [-0.1, -0.05) is 15.9 Å². The van der Waals surface area contributed by atoms with Crippen molar-refractivity contribution < 1.29 is 9.66 Å². The number of non-ortho nitro benzene ring substituents is 1. The molecule has 0 saturated heterocycles. The smallest absolute Gasteiger partial charge is 0.325 e. The lowest BCUT2D eigenvalue weighted by molar-refractivity contribution is -0.385. The average Bonchev–Trinajstić information content (AvgIpc) is 2.26. The van der Waals surface area contributed by atoms with E-state index in [2.05, 4.69) is 41.8 Å². The molecule has 0 fully saturated rings. The number of aromatic nitrogens is 2. The minimum atomic E-state index is -0.520. The average molecular weight is 390 g/mol. The molecular weight excluding hydrogens is 384 g/mol. The third kappa shape index (κ3) is 3.61. The van der Waals surface area contributed by atoms with Crippen molar-refractivity contribution in [2.24, 2.45) is 0 Å². The van der Waals surface area contributed by atoms with Crippen molar-refractivity contribution in [3.63, 3.8) is 0 Å². The number of anilines is 1. The summed E-state index contributed by atoms with van der Waals surface area (Å²) < 4.78 is 6.32. The first kappa shape index (κ1) is 13.7. The van der Waals surface area contributed by atoms with Gasteiger partial charge in [-0.2, -0.15) is 9.97 Å². The minimum absolute atomic E-state index is 0.000673. The first-order valence-electron chi connectivity index (χ1n) is 4.87. The second kappa shape index (κ2) is 5.49. The van der Waals surface area contributed by atoms with E-state index >= 15 is 0 Å². The van der Waals surface area contributed by atoms with E-state index in [1.165, 1.54) is 18.2 Å². The summed E-state index contributed by atoms with van der Waals surface area (Å²) in [4.78, 5) is 18.0. The van der Waals surface area contributed by atoms with Crippen LogP contribution in [-0.4, -0.2) is 14.9 Å². The van der Waals surface area contributed by atoms with Crippen LogP contribution in [-0.2, 0) is 0 Å². The Kier molecular flexibility index (Phi) is 3.96. The number of rotatable bonds is 3. The molecule has 0 radical (unpaired) electrons. The van der Waals surface area contributed by atoms with E-state index in [1.807, 2.05) is 0 Å². The molecule has 2 rings (SSSR count). The molecule has 1 aromatic heterocycles. The van der Waals surface area contributed by atoms with Crippen LogP contribution in [0.2, 0.25) is 0 Å². The highest BCUT2D eigenvalue weighted by Gasteiger charge is 2.11. The first-order valence-corrected chi connectivity index (χ1v) is 6.45. The minimum Gasteiger partial charge on any atom is -0.424 e. The van der Waals surface area contributed by atoms with E-state index in [4.69, 9.17) is 10.5 Å². The van der Waals surface area contributed by atoms with Gasteiger partial charge in [-0.3, -0.25) is 10.1 Å². The summed E-state index contributed by atoms with van der Waals surface area (Å²) in [7, 11) is 0. The Morgan fingerprint density at radius 2 is 1.95 bits per heavy atom. The van der Waals surface area contributed by atoms with Crippen molar-refractivity contribution in [1.82, 2.24) is 9.97 Å². The molecule has 0 atom stereocenters. The van der Waals surface area contributed by atoms with Gasteiger partial charge >= 0.3 is 6.01 Å². The first-order chi connectivity index (χ1) is 8.94. The molecular formula is C10H6Br2N4O3. The topological polar surface area (TPSA) is 104 Å². The Bertz CT molecular complexity index is 630. The largest absolute Gasteiger partial charge is 0.424 e. The second-order valence-electron chi connectivity index (χ2n) is 3.40. The van der Waals surface area contributed by atoms with Crippen molar-refractivity contribution in [2.75, 3.05) is 5.73 Å². The standard InChI is InChI=1S/C10H6Br2N4O3/c11-5-1-6(16(17)18)3-7(2-5)19-10-14-8(12)4-9(13)15-10/h1-4H,(H2,13,14,15). The van der Waals surface area contributed by atoms with E-state index in [-0.39, 0.29) is 23.3 Å². The molecule has 1 aromatic carbocycles. The molecule has 7 nitrogen and oxygen atoms in total. The maximum atomic E-state index is 10.7. The Morgan fingerprint density at radius 3 is 2.58 bits per heavy atom. The second-order valence-corrected chi connectivity index (χ2v) is 5.13. The predicted molar refractivity (Wildman–Crippen MR) is 75.0 cm³/mol. The molecule has 0 aliphatic heterocycles. The van der Waals surface area contributed by atoms with Crippen LogP contribution in [0.3, 0.4) is 0 Å². The highest BCUT2D eigenvalue weighted by Crippen LogP contribution is 2.29. The van der Waals surface area contributed by atoms with Crippen LogP contribution in [0.15, 0.2) is 33.3 Å². The van der Waals surface area contributed by atoms with Crippen LogP contribution in [0.25, 0.3) is 0 Å². The number of hydrogen-bond acceptors (Lipinski definition) is 6. The van der Waals surface area contributed by atoms with Gasteiger partial charge < -0.3 is 10.5 Å². The van der Waals surface area contributed by atoms with Gasteiger partial charge in [-0.05, 0) is 22.0 Å². The number of nitro groups is 1. The van der Waals surface area contributed by atoms with Gasteiger partial charge in [0, 0.05) is 16.6 Å². The number of ether oxygens (including phenoxy) is 1. The molecule has 0 bridgehead atoms. The molecule has 0 unspecified atom stereocenters. The van der Waals surface area contributed by atoms with E-state index in [1.54, 1.807) is 6.07 Å². The molecule has 0 spiro atoms. The monoisotopic (exact) mass is 388 g/mol. The summed E-state index contributed by atoms with van der Waals surface area (Å²) in [6.07, 6.45) is 0. The van der Waals surface area contributed by atoms with Gasteiger partial charge in [-0.25, -0.2) is 0 Å². The fourth-order valence-electron chi connectivity index (χ4n) is 1.28. The van der Waals surface area contributed by atoms with Crippen LogP contribution in [0, 0.1) is 10.1 Å². The number of nitrogens with zero attached hydrogens (tertiary/aromatic N) is 3. The highest BCUT2D eigenvalue weighted by atomic mass is 79.9. The summed E-state index contributed by atoms with van der Waals surface area (Å²) >= 11 is 6.31. The van der Waals surface area contributed by atoms with Crippen molar-refractivity contribution in [1.29, 1.82) is 0 Å². The highest BCUT2D eigenvalue weighted by molar-refractivity contribution is 9.10. The van der Waals surface area contributed by atoms with E-state index in [9.17, 15) is 10.1 Å². The number of nitrogen functional groups attached to an aromatic ring is 1. The van der Waals surface area contributed by atoms with E-state index in [0.29, 0.717) is 9.08 Å². The van der Waals surface area contributed by atoms with Crippen molar-refractivity contribution >= 4 is 43.4 Å². The lowest BCUT2D eigenvalue weighted by atomic mass is 10.3. The molecule has 2 aromatic rings. The predicted octanol–water partition coefficient (Wildman–Crippen LogP) is 3.28. The Labute approximate surface area is 124 Å². The lowest BCUT2D eigenvalue weighted by Crippen LogP contribution is -1.97. The van der Waals surface area contributed by atoms with Crippen LogP contribution >= 0.6 is 31.9 Å². The Morgan fingerprint density at radius 1 is 1.21 bits per heavy atom. The zero-order chi connectivity index (χ0) is 14.0. The summed E-state index contributed by atoms with van der Waals surface area (Å²) in [6, 6.07) is 5.71. The molecule has 1 heterocycles. The number of nitro benzene ring substituents is 1. The van der Waals surface area contributed by atoms with E-state index < -0.39 is 4.92 Å². The van der Waals surface area contributed by atoms with Crippen LogP contribution in [0.5, 0.6) is 11.8 Å². The van der Waals surface area contributed by atoms with E-state index in [0.717, 1.165) is 0 Å². The van der Waals surface area contributed by atoms with Crippen LogP contribution in [0.1, 0.15) is 0 Å². The third-order valence-corrected chi connectivity index (χ3v) is 2.83. The summed E-state index contributed by atoms with van der Waals surface area (Å²) in [6.45, 7) is 0. The molecule has 98 valence electrons. The number of benzene rings is 1. The fourth-order valence-corrected chi connectivity index (χ4v) is 2.12. The van der Waals surface area contributed by atoms with Gasteiger partial charge in [0.25, 0.3) is 5.69 Å². The van der Waals surface area contributed by atoms with Gasteiger partial charge in [0.05, 0.1) is 11.0 Å². The zero-order valence-corrected chi connectivity index (χ0v) is 12.4. The van der Waals surface area contributed by atoms with Crippen molar-refractivity contribution in [3.05, 3.63) is 43.5 Å². The maximum absolute atomic E-state index is 10.7. The third-order valence-electron chi connectivity index (χ3n) is 1.97. The lowest BCUT2D eigenvalue weighted by Gasteiger charge is -2.05. The van der Waals surface area contributed by atoms with Crippen molar-refractivity contribution in [3.8, 4) is 11.8 Å². The van der Waals surface area contributed by atoms with Gasteiger partial charge in [0.15, 0.2) is 0 Å². The zero-order valence-electron chi connectivity index (χ0n) is 9.21. The van der Waals surface area contributed by atoms with Gasteiger partial charge in [0.2, 0.25) is 0 Å². The Balaban J connectivity index is 2.35. The summed E-state index contributed by atoms with van der Waals surface area (Å²) in [5.74, 6) is 0.458. The summed E-state index contributed by atoms with van der Waals surface area (Å²) in [5, 5.41) is 10.7. The number of nitrogens with two attached hydrogens (primary N) is 1. The molecule has 0 aliphatic carbocycles. The SMILES string of the molecule is Nc1cc(Br)nc(Oc2cc(Br)cc([N+](=O)[O-])c2)n1. The molecule has 9 heteroatoms. The van der Waals surface area contributed by atoms with Gasteiger partial charge in [0.1, 0.15) is 16.2 Å².